The molecule has 21 heavy (non-hydrogen) atoms. The molecular weight excluding hydrogens is 307 g/mol. The highest BCUT2D eigenvalue weighted by atomic mass is 35.5. The van der Waals surface area contributed by atoms with Crippen LogP contribution in [0.4, 0.5) is 0 Å². The number of aryl methyl sites for hydroxylation is 1. The van der Waals surface area contributed by atoms with Crippen LogP contribution in [0.5, 0.6) is 5.75 Å². The fraction of sp³-hybridized carbons (Fsp3) is 0.294. The molecule has 1 N–H and O–H groups in total. The van der Waals surface area contributed by atoms with Crippen molar-refractivity contribution in [3.8, 4) is 5.75 Å². The summed E-state index contributed by atoms with van der Waals surface area (Å²) in [5.74, 6) is 0.531. The molecule has 0 aliphatic rings. The smallest absolute Gasteiger partial charge is 0.143 e. The van der Waals surface area contributed by atoms with Crippen LogP contribution in [-0.4, -0.2) is 11.7 Å². The van der Waals surface area contributed by atoms with Gasteiger partial charge in [-0.05, 0) is 37.0 Å². The van der Waals surface area contributed by atoms with E-state index in [0.717, 1.165) is 19.3 Å². The minimum atomic E-state index is -0.139. The number of aliphatic hydroxyl groups is 1. The van der Waals surface area contributed by atoms with Gasteiger partial charge in [-0.2, -0.15) is 0 Å². The molecule has 2 aromatic rings. The number of benzene rings is 2. The summed E-state index contributed by atoms with van der Waals surface area (Å²) in [4.78, 5) is 0. The number of ether oxygens (including phenoxy) is 1. The maximum absolute atomic E-state index is 9.32. The molecule has 0 fully saturated rings. The van der Waals surface area contributed by atoms with Crippen molar-refractivity contribution in [2.75, 3.05) is 6.61 Å². The van der Waals surface area contributed by atoms with E-state index in [0.29, 0.717) is 28.0 Å². The van der Waals surface area contributed by atoms with Crippen molar-refractivity contribution in [2.24, 2.45) is 0 Å². The normalized spacial score (nSPS) is 10.6. The van der Waals surface area contributed by atoms with Crippen LogP contribution in [0, 0.1) is 0 Å². The third-order valence-electron chi connectivity index (χ3n) is 3.20. The van der Waals surface area contributed by atoms with E-state index < -0.39 is 0 Å². The number of hydrogen-bond donors (Lipinski definition) is 1. The Morgan fingerprint density at radius 2 is 1.76 bits per heavy atom. The van der Waals surface area contributed by atoms with Gasteiger partial charge in [0.1, 0.15) is 5.75 Å². The van der Waals surface area contributed by atoms with E-state index in [4.69, 9.17) is 27.9 Å². The predicted octanol–water partition coefficient (Wildman–Crippen LogP) is 4.89. The summed E-state index contributed by atoms with van der Waals surface area (Å²) in [6.45, 7) is 0.431. The highest BCUT2D eigenvalue weighted by Crippen LogP contribution is 2.32. The second-order valence-electron chi connectivity index (χ2n) is 4.83. The Kier molecular flexibility index (Phi) is 6.37. The third-order valence-corrected chi connectivity index (χ3v) is 3.70. The van der Waals surface area contributed by atoms with Gasteiger partial charge in [0.15, 0.2) is 0 Å². The lowest BCUT2D eigenvalue weighted by molar-refractivity contribution is 0.260. The molecule has 0 aromatic heterocycles. The number of halogens is 2. The lowest BCUT2D eigenvalue weighted by atomic mass is 10.1. The van der Waals surface area contributed by atoms with Gasteiger partial charge >= 0.3 is 0 Å². The summed E-state index contributed by atoms with van der Waals surface area (Å²) in [6, 6.07) is 13.7. The summed E-state index contributed by atoms with van der Waals surface area (Å²) < 4.78 is 5.70. The highest BCUT2D eigenvalue weighted by molar-refractivity contribution is 6.35. The molecule has 0 heterocycles. The second-order valence-corrected chi connectivity index (χ2v) is 5.67. The minimum absolute atomic E-state index is 0.139. The molecule has 0 bridgehead atoms. The van der Waals surface area contributed by atoms with E-state index in [1.54, 1.807) is 12.1 Å². The van der Waals surface area contributed by atoms with Gasteiger partial charge in [0.25, 0.3) is 0 Å². The van der Waals surface area contributed by atoms with E-state index >= 15 is 0 Å². The zero-order valence-electron chi connectivity index (χ0n) is 11.7. The molecule has 0 unspecified atom stereocenters. The van der Waals surface area contributed by atoms with Crippen molar-refractivity contribution < 1.29 is 9.84 Å². The Balaban J connectivity index is 1.81. The maximum atomic E-state index is 9.32. The largest absolute Gasteiger partial charge is 0.492 e. The first-order valence-corrected chi connectivity index (χ1v) is 7.72. The molecule has 0 aliphatic heterocycles. The molecule has 0 radical (unpaired) electrons. The topological polar surface area (TPSA) is 29.5 Å². The van der Waals surface area contributed by atoms with E-state index in [1.165, 1.54) is 5.56 Å². The van der Waals surface area contributed by atoms with Crippen molar-refractivity contribution >= 4 is 23.2 Å². The van der Waals surface area contributed by atoms with Gasteiger partial charge in [-0.3, -0.25) is 0 Å². The van der Waals surface area contributed by atoms with Gasteiger partial charge in [0.2, 0.25) is 0 Å². The fourth-order valence-electron chi connectivity index (χ4n) is 2.14. The molecule has 4 heteroatoms. The van der Waals surface area contributed by atoms with Crippen molar-refractivity contribution in [3.63, 3.8) is 0 Å². The average Bonchev–Trinajstić information content (AvgIpc) is 2.49. The number of aliphatic hydroxyl groups excluding tert-OH is 1. The lowest BCUT2D eigenvalue weighted by Crippen LogP contribution is -2.02. The molecule has 0 amide bonds. The van der Waals surface area contributed by atoms with Crippen LogP contribution in [0.1, 0.15) is 24.0 Å². The summed E-state index contributed by atoms with van der Waals surface area (Å²) in [6.07, 6.45) is 3.01. The van der Waals surface area contributed by atoms with E-state index in [-0.39, 0.29) is 6.61 Å². The fourth-order valence-corrected chi connectivity index (χ4v) is 2.73. The molecule has 112 valence electrons. The summed E-state index contributed by atoms with van der Waals surface area (Å²) in [7, 11) is 0. The molecule has 0 saturated heterocycles. The minimum Gasteiger partial charge on any atom is -0.492 e. The maximum Gasteiger partial charge on any atom is 0.143 e. The highest BCUT2D eigenvalue weighted by Gasteiger charge is 2.10. The van der Waals surface area contributed by atoms with Crippen LogP contribution in [0.15, 0.2) is 42.5 Å². The SMILES string of the molecule is OCc1cc(Cl)cc(Cl)c1OCCCCc1ccccc1. The molecule has 0 saturated carbocycles. The van der Waals surface area contributed by atoms with Crippen LogP contribution < -0.4 is 4.74 Å². The summed E-state index contributed by atoms with van der Waals surface area (Å²) >= 11 is 12.0. The van der Waals surface area contributed by atoms with Crippen molar-refractivity contribution in [2.45, 2.75) is 25.9 Å². The standard InChI is InChI=1S/C17H18Cl2O2/c18-15-10-14(12-20)17(16(19)11-15)21-9-5-4-8-13-6-2-1-3-7-13/h1-3,6-7,10-11,20H,4-5,8-9,12H2. The Morgan fingerprint density at radius 1 is 1.00 bits per heavy atom. The zero-order valence-corrected chi connectivity index (χ0v) is 13.2. The number of unbranched alkanes of at least 4 members (excludes halogenated alkanes) is 1. The van der Waals surface area contributed by atoms with Crippen LogP contribution in [0.2, 0.25) is 10.0 Å². The Labute approximate surface area is 135 Å². The zero-order chi connectivity index (χ0) is 15.1. The van der Waals surface area contributed by atoms with Gasteiger partial charge < -0.3 is 9.84 Å². The first-order valence-electron chi connectivity index (χ1n) is 6.96. The van der Waals surface area contributed by atoms with E-state index in [2.05, 4.69) is 12.1 Å². The molecule has 0 spiro atoms. The van der Waals surface area contributed by atoms with E-state index in [1.807, 2.05) is 18.2 Å². The van der Waals surface area contributed by atoms with Gasteiger partial charge in [-0.1, -0.05) is 53.5 Å². The number of hydrogen-bond acceptors (Lipinski definition) is 2. The van der Waals surface area contributed by atoms with Crippen LogP contribution >= 0.6 is 23.2 Å². The first-order chi connectivity index (χ1) is 10.2. The average molecular weight is 325 g/mol. The Bertz CT molecular complexity index is 571. The van der Waals surface area contributed by atoms with Crippen LogP contribution in [0.3, 0.4) is 0 Å². The van der Waals surface area contributed by atoms with Crippen molar-refractivity contribution in [1.82, 2.24) is 0 Å². The molecule has 2 nitrogen and oxygen atoms in total. The quantitative estimate of drug-likeness (QED) is 0.735. The van der Waals surface area contributed by atoms with Crippen LogP contribution in [0.25, 0.3) is 0 Å². The van der Waals surface area contributed by atoms with Gasteiger partial charge in [0, 0.05) is 10.6 Å². The summed E-state index contributed by atoms with van der Waals surface area (Å²) in [5, 5.41) is 10.3. The van der Waals surface area contributed by atoms with Crippen molar-refractivity contribution in [3.05, 3.63) is 63.6 Å². The van der Waals surface area contributed by atoms with Crippen molar-refractivity contribution in [1.29, 1.82) is 0 Å². The predicted molar refractivity (Wildman–Crippen MR) is 87.3 cm³/mol. The van der Waals surface area contributed by atoms with E-state index in [9.17, 15) is 5.11 Å². The molecule has 0 aliphatic carbocycles. The molecular formula is C17H18Cl2O2. The summed E-state index contributed by atoms with van der Waals surface area (Å²) in [5.41, 5.74) is 1.95. The molecule has 0 atom stereocenters. The molecule has 2 aromatic carbocycles. The lowest BCUT2D eigenvalue weighted by Gasteiger charge is -2.12. The Morgan fingerprint density at radius 3 is 2.48 bits per heavy atom. The Hall–Kier alpha value is -1.22. The van der Waals surface area contributed by atoms with Gasteiger partial charge in [0.05, 0.1) is 18.2 Å². The first kappa shape index (κ1) is 16.2. The second kappa shape index (κ2) is 8.28. The van der Waals surface area contributed by atoms with Gasteiger partial charge in [-0.15, -0.1) is 0 Å². The third kappa shape index (κ3) is 4.92. The van der Waals surface area contributed by atoms with Crippen LogP contribution in [-0.2, 0) is 13.0 Å². The molecule has 2 rings (SSSR count). The van der Waals surface area contributed by atoms with Gasteiger partial charge in [-0.25, -0.2) is 0 Å². The number of rotatable bonds is 7. The monoisotopic (exact) mass is 324 g/mol.